The lowest BCUT2D eigenvalue weighted by Crippen LogP contribution is -2.38. The molecule has 9 heteroatoms. The number of rotatable bonds is 6. The standard InChI is InChI=1S/C21H22N2O6S/c1-23(16-7-3-2-4-8-16)20(25)17-9-5-6-10-18(17)21(26)29-13-19(24)22-15-11-12-30(27,28)14-15/h2-10,15H,11-14H2,1H3,(H,22,24)/t15-/m0/s1. The summed E-state index contributed by atoms with van der Waals surface area (Å²) in [5, 5.41) is 2.55. The summed E-state index contributed by atoms with van der Waals surface area (Å²) in [6, 6.07) is 14.7. The summed E-state index contributed by atoms with van der Waals surface area (Å²) in [7, 11) is -1.53. The van der Waals surface area contributed by atoms with E-state index in [9.17, 15) is 22.8 Å². The maximum atomic E-state index is 12.9. The number of nitrogens with one attached hydrogen (secondary N) is 1. The first-order valence-corrected chi connectivity index (χ1v) is 11.2. The van der Waals surface area contributed by atoms with Crippen molar-refractivity contribution in [3.8, 4) is 0 Å². The van der Waals surface area contributed by atoms with E-state index in [4.69, 9.17) is 4.74 Å². The van der Waals surface area contributed by atoms with Gasteiger partial charge in [0.05, 0.1) is 22.6 Å². The van der Waals surface area contributed by atoms with Crippen molar-refractivity contribution in [1.29, 1.82) is 0 Å². The second-order valence-corrected chi connectivity index (χ2v) is 9.22. The number of carbonyl (C=O) groups is 3. The topological polar surface area (TPSA) is 110 Å². The highest BCUT2D eigenvalue weighted by molar-refractivity contribution is 7.91. The second kappa shape index (κ2) is 9.08. The van der Waals surface area contributed by atoms with Crippen LogP contribution in [0.25, 0.3) is 0 Å². The van der Waals surface area contributed by atoms with Gasteiger partial charge in [-0.2, -0.15) is 0 Å². The summed E-state index contributed by atoms with van der Waals surface area (Å²) in [6.45, 7) is -0.563. The van der Waals surface area contributed by atoms with E-state index < -0.39 is 40.3 Å². The van der Waals surface area contributed by atoms with E-state index in [0.717, 1.165) is 0 Å². The molecule has 1 fully saturated rings. The molecule has 0 aliphatic carbocycles. The van der Waals surface area contributed by atoms with Gasteiger partial charge in [0.2, 0.25) is 0 Å². The summed E-state index contributed by atoms with van der Waals surface area (Å²) in [5.74, 6) is -1.88. The van der Waals surface area contributed by atoms with Crippen LogP contribution >= 0.6 is 0 Å². The molecule has 158 valence electrons. The van der Waals surface area contributed by atoms with Crippen LogP contribution < -0.4 is 10.2 Å². The van der Waals surface area contributed by atoms with E-state index in [1.165, 1.54) is 17.0 Å². The Bertz CT molecular complexity index is 1050. The van der Waals surface area contributed by atoms with Gasteiger partial charge < -0.3 is 15.0 Å². The van der Waals surface area contributed by atoms with Crippen molar-refractivity contribution in [3.05, 3.63) is 65.7 Å². The summed E-state index contributed by atoms with van der Waals surface area (Å²) in [6.07, 6.45) is 0.338. The molecule has 1 N–H and O–H groups in total. The molecule has 2 amide bonds. The van der Waals surface area contributed by atoms with Crippen LogP contribution in [0.15, 0.2) is 54.6 Å². The fourth-order valence-electron chi connectivity index (χ4n) is 3.18. The van der Waals surface area contributed by atoms with Crippen LogP contribution in [0.3, 0.4) is 0 Å². The zero-order chi connectivity index (χ0) is 21.7. The normalized spacial score (nSPS) is 17.2. The Labute approximate surface area is 174 Å². The molecule has 1 heterocycles. The summed E-state index contributed by atoms with van der Waals surface area (Å²) < 4.78 is 28.0. The average Bonchev–Trinajstić information content (AvgIpc) is 3.09. The number of esters is 1. The van der Waals surface area contributed by atoms with Crippen LogP contribution in [-0.2, 0) is 19.4 Å². The van der Waals surface area contributed by atoms with Crippen LogP contribution in [0, 0.1) is 0 Å². The van der Waals surface area contributed by atoms with Crippen LogP contribution in [0.5, 0.6) is 0 Å². The molecule has 0 aromatic heterocycles. The van der Waals surface area contributed by atoms with Gasteiger partial charge in [0.25, 0.3) is 11.8 Å². The number of anilines is 1. The Morgan fingerprint density at radius 1 is 1.03 bits per heavy atom. The fraction of sp³-hybridized carbons (Fsp3) is 0.286. The van der Waals surface area contributed by atoms with E-state index in [1.807, 2.05) is 6.07 Å². The van der Waals surface area contributed by atoms with E-state index in [2.05, 4.69) is 5.32 Å². The molecule has 0 spiro atoms. The molecule has 0 saturated carbocycles. The Hall–Kier alpha value is -3.20. The number of hydrogen-bond acceptors (Lipinski definition) is 6. The van der Waals surface area contributed by atoms with Gasteiger partial charge in [-0.1, -0.05) is 30.3 Å². The Kier molecular flexibility index (Phi) is 6.51. The minimum atomic E-state index is -3.13. The highest BCUT2D eigenvalue weighted by Crippen LogP contribution is 2.18. The first kappa shape index (κ1) is 21.5. The summed E-state index contributed by atoms with van der Waals surface area (Å²) in [5.41, 5.74) is 0.856. The van der Waals surface area contributed by atoms with Crippen molar-refractivity contribution in [3.63, 3.8) is 0 Å². The summed E-state index contributed by atoms with van der Waals surface area (Å²) in [4.78, 5) is 38.8. The van der Waals surface area contributed by atoms with E-state index in [1.54, 1.807) is 43.4 Å². The third-order valence-corrected chi connectivity index (χ3v) is 6.53. The van der Waals surface area contributed by atoms with Crippen molar-refractivity contribution in [2.45, 2.75) is 12.5 Å². The lowest BCUT2D eigenvalue weighted by atomic mass is 10.1. The number of amides is 2. The largest absolute Gasteiger partial charge is 0.452 e. The molecule has 8 nitrogen and oxygen atoms in total. The maximum Gasteiger partial charge on any atom is 0.339 e. The minimum absolute atomic E-state index is 0.0299. The highest BCUT2D eigenvalue weighted by atomic mass is 32.2. The van der Waals surface area contributed by atoms with Crippen molar-refractivity contribution >= 4 is 33.3 Å². The number of sulfone groups is 1. The van der Waals surface area contributed by atoms with Crippen LogP contribution in [0.2, 0.25) is 0 Å². The molecule has 0 bridgehead atoms. The van der Waals surface area contributed by atoms with Crippen molar-refractivity contribution < 1.29 is 27.5 Å². The third kappa shape index (κ3) is 5.24. The monoisotopic (exact) mass is 430 g/mol. The SMILES string of the molecule is CN(C(=O)c1ccccc1C(=O)OCC(=O)N[C@H]1CCS(=O)(=O)C1)c1ccccc1. The molecule has 1 aliphatic rings. The van der Waals surface area contributed by atoms with Crippen LogP contribution in [-0.4, -0.2) is 57.4 Å². The Morgan fingerprint density at radius 3 is 2.30 bits per heavy atom. The maximum absolute atomic E-state index is 12.9. The molecule has 0 unspecified atom stereocenters. The molecule has 1 atom stereocenters. The molecule has 30 heavy (non-hydrogen) atoms. The van der Waals surface area contributed by atoms with E-state index in [0.29, 0.717) is 12.1 Å². The minimum Gasteiger partial charge on any atom is -0.452 e. The molecule has 1 aliphatic heterocycles. The molecule has 2 aromatic carbocycles. The Morgan fingerprint density at radius 2 is 1.67 bits per heavy atom. The molecule has 0 radical (unpaired) electrons. The smallest absolute Gasteiger partial charge is 0.339 e. The van der Waals surface area contributed by atoms with Gasteiger partial charge in [-0.05, 0) is 30.7 Å². The van der Waals surface area contributed by atoms with Crippen molar-refractivity contribution in [2.24, 2.45) is 0 Å². The lowest BCUT2D eigenvalue weighted by Gasteiger charge is -2.19. The fourth-order valence-corrected chi connectivity index (χ4v) is 4.86. The zero-order valence-corrected chi connectivity index (χ0v) is 17.2. The summed E-state index contributed by atoms with van der Waals surface area (Å²) >= 11 is 0. The quantitative estimate of drug-likeness (QED) is 0.694. The second-order valence-electron chi connectivity index (χ2n) is 6.99. The average molecular weight is 430 g/mol. The van der Waals surface area contributed by atoms with Gasteiger partial charge in [0, 0.05) is 18.8 Å². The van der Waals surface area contributed by atoms with Gasteiger partial charge in [0.1, 0.15) is 0 Å². The van der Waals surface area contributed by atoms with E-state index >= 15 is 0 Å². The van der Waals surface area contributed by atoms with Gasteiger partial charge in [-0.15, -0.1) is 0 Å². The number of hydrogen-bond donors (Lipinski definition) is 1. The van der Waals surface area contributed by atoms with Crippen molar-refractivity contribution in [2.75, 3.05) is 30.1 Å². The zero-order valence-electron chi connectivity index (χ0n) is 16.4. The number of nitrogens with zero attached hydrogens (tertiary/aromatic N) is 1. The highest BCUT2D eigenvalue weighted by Gasteiger charge is 2.29. The van der Waals surface area contributed by atoms with Crippen LogP contribution in [0.4, 0.5) is 5.69 Å². The number of benzene rings is 2. The molecule has 2 aromatic rings. The predicted molar refractivity (Wildman–Crippen MR) is 111 cm³/mol. The molecular formula is C21H22N2O6S. The van der Waals surface area contributed by atoms with Gasteiger partial charge in [-0.25, -0.2) is 13.2 Å². The first-order valence-electron chi connectivity index (χ1n) is 9.36. The lowest BCUT2D eigenvalue weighted by molar-refractivity contribution is -0.124. The van der Waals surface area contributed by atoms with Crippen molar-refractivity contribution in [1.82, 2.24) is 5.32 Å². The number of carbonyl (C=O) groups excluding carboxylic acids is 3. The van der Waals surface area contributed by atoms with Gasteiger partial charge in [0.15, 0.2) is 16.4 Å². The first-order chi connectivity index (χ1) is 14.3. The van der Waals surface area contributed by atoms with Gasteiger partial charge >= 0.3 is 5.97 Å². The van der Waals surface area contributed by atoms with Crippen LogP contribution in [0.1, 0.15) is 27.1 Å². The third-order valence-electron chi connectivity index (χ3n) is 4.76. The number of para-hydroxylation sites is 1. The van der Waals surface area contributed by atoms with Gasteiger partial charge in [-0.3, -0.25) is 9.59 Å². The molecule has 3 rings (SSSR count). The molecule has 1 saturated heterocycles. The Balaban J connectivity index is 1.64. The predicted octanol–water partition coefficient (Wildman–Crippen LogP) is 1.42. The number of ether oxygens (including phenoxy) is 1. The van der Waals surface area contributed by atoms with E-state index in [-0.39, 0.29) is 22.6 Å². The molecular weight excluding hydrogens is 408 g/mol.